The summed E-state index contributed by atoms with van der Waals surface area (Å²) < 4.78 is 0. The van der Waals surface area contributed by atoms with E-state index in [2.05, 4.69) is 11.7 Å². The third-order valence-electron chi connectivity index (χ3n) is 2.01. The maximum absolute atomic E-state index is 9.39. The molecule has 0 aromatic rings. The van der Waals surface area contributed by atoms with E-state index in [0.29, 0.717) is 5.92 Å². The van der Waals surface area contributed by atoms with Crippen molar-refractivity contribution in [1.82, 2.24) is 5.32 Å². The lowest BCUT2D eigenvalue weighted by Crippen LogP contribution is -2.33. The van der Waals surface area contributed by atoms with Gasteiger partial charge in [0.1, 0.15) is 0 Å². The molecule has 0 saturated carbocycles. The van der Waals surface area contributed by atoms with Crippen LogP contribution in [0.2, 0.25) is 0 Å². The predicted molar refractivity (Wildman–Crippen MR) is 40.6 cm³/mol. The molecule has 1 rings (SSSR count). The Balaban J connectivity index is 2.24. The van der Waals surface area contributed by atoms with Gasteiger partial charge in [0, 0.05) is 19.0 Å². The first-order chi connectivity index (χ1) is 4.84. The van der Waals surface area contributed by atoms with Crippen LogP contribution in [0.4, 0.5) is 0 Å². The highest BCUT2D eigenvalue weighted by Crippen LogP contribution is 2.15. The van der Waals surface area contributed by atoms with Crippen LogP contribution in [-0.4, -0.2) is 24.3 Å². The minimum absolute atomic E-state index is 0.163. The number of hydrogen-bond acceptors (Lipinski definition) is 1. The molecular formula is C8H15NO. The SMILES string of the molecule is CCC(O)C1[CH]CC[N]C1. The molecular weight excluding hydrogens is 126 g/mol. The van der Waals surface area contributed by atoms with Crippen molar-refractivity contribution >= 4 is 0 Å². The van der Waals surface area contributed by atoms with Gasteiger partial charge in [-0.2, -0.15) is 0 Å². The summed E-state index contributed by atoms with van der Waals surface area (Å²) in [7, 11) is 0. The summed E-state index contributed by atoms with van der Waals surface area (Å²) in [5.41, 5.74) is 0. The largest absolute Gasteiger partial charge is 0.393 e. The lowest BCUT2D eigenvalue weighted by Gasteiger charge is -2.24. The lowest BCUT2D eigenvalue weighted by molar-refractivity contribution is 0.110. The normalized spacial score (nSPS) is 30.0. The molecule has 2 unspecified atom stereocenters. The standard InChI is InChI=1S/C8H15NO/c1-2-8(10)7-4-3-5-9-6-7/h4,7-8,10H,2-3,5-6H2,1H3. The number of aliphatic hydroxyl groups excluding tert-OH is 1. The molecule has 0 aliphatic carbocycles. The van der Waals surface area contributed by atoms with Crippen molar-refractivity contribution < 1.29 is 5.11 Å². The average molecular weight is 141 g/mol. The summed E-state index contributed by atoms with van der Waals surface area (Å²) in [6.45, 7) is 3.79. The van der Waals surface area contributed by atoms with Crippen LogP contribution in [0, 0.1) is 12.3 Å². The molecule has 1 saturated heterocycles. The molecule has 0 spiro atoms. The summed E-state index contributed by atoms with van der Waals surface area (Å²) in [6, 6.07) is 0. The van der Waals surface area contributed by atoms with Crippen molar-refractivity contribution in [2.24, 2.45) is 5.92 Å². The van der Waals surface area contributed by atoms with E-state index < -0.39 is 0 Å². The van der Waals surface area contributed by atoms with Crippen molar-refractivity contribution in [3.05, 3.63) is 6.42 Å². The first-order valence-corrected chi connectivity index (χ1v) is 3.99. The van der Waals surface area contributed by atoms with Crippen LogP contribution in [0.5, 0.6) is 0 Å². The fourth-order valence-electron chi connectivity index (χ4n) is 1.28. The van der Waals surface area contributed by atoms with Crippen LogP contribution >= 0.6 is 0 Å². The van der Waals surface area contributed by atoms with Gasteiger partial charge in [0.05, 0.1) is 6.10 Å². The first-order valence-electron chi connectivity index (χ1n) is 3.99. The molecule has 2 atom stereocenters. The Morgan fingerprint density at radius 1 is 1.80 bits per heavy atom. The zero-order valence-electron chi connectivity index (χ0n) is 6.45. The van der Waals surface area contributed by atoms with Gasteiger partial charge in [-0.15, -0.1) is 0 Å². The van der Waals surface area contributed by atoms with Gasteiger partial charge in [-0.25, -0.2) is 5.32 Å². The molecule has 1 aliphatic rings. The monoisotopic (exact) mass is 141 g/mol. The van der Waals surface area contributed by atoms with E-state index in [9.17, 15) is 5.11 Å². The minimum atomic E-state index is -0.163. The van der Waals surface area contributed by atoms with Gasteiger partial charge in [0.25, 0.3) is 0 Å². The molecule has 58 valence electrons. The molecule has 1 fully saturated rings. The zero-order chi connectivity index (χ0) is 7.40. The Labute approximate surface area is 62.6 Å². The second-order valence-corrected chi connectivity index (χ2v) is 2.79. The Bertz CT molecular complexity index is 89.3. The molecule has 0 bridgehead atoms. The number of nitrogens with zero attached hydrogens (tertiary/aromatic N) is 1. The summed E-state index contributed by atoms with van der Waals surface area (Å²) in [6.07, 6.45) is 3.92. The van der Waals surface area contributed by atoms with E-state index in [1.165, 1.54) is 0 Å². The van der Waals surface area contributed by atoms with Gasteiger partial charge in [-0.3, -0.25) is 0 Å². The molecule has 1 heterocycles. The maximum Gasteiger partial charge on any atom is 0.0581 e. The molecule has 0 aromatic carbocycles. The first kappa shape index (κ1) is 8.02. The smallest absolute Gasteiger partial charge is 0.0581 e. The van der Waals surface area contributed by atoms with Crippen molar-refractivity contribution in [2.75, 3.05) is 13.1 Å². The summed E-state index contributed by atoms with van der Waals surface area (Å²) >= 11 is 0. The molecule has 0 amide bonds. The van der Waals surface area contributed by atoms with Crippen molar-refractivity contribution in [2.45, 2.75) is 25.9 Å². The average Bonchev–Trinajstić information content (AvgIpc) is 2.05. The van der Waals surface area contributed by atoms with E-state index >= 15 is 0 Å². The highest BCUT2D eigenvalue weighted by molar-refractivity contribution is 4.87. The molecule has 2 heteroatoms. The van der Waals surface area contributed by atoms with Crippen LogP contribution in [0.1, 0.15) is 19.8 Å². The van der Waals surface area contributed by atoms with Crippen LogP contribution in [0.3, 0.4) is 0 Å². The molecule has 1 aliphatic heterocycles. The Kier molecular flexibility index (Phi) is 3.16. The number of piperidine rings is 1. The zero-order valence-corrected chi connectivity index (χ0v) is 6.45. The second-order valence-electron chi connectivity index (χ2n) is 2.79. The summed E-state index contributed by atoms with van der Waals surface area (Å²) in [5.74, 6) is 0.332. The van der Waals surface area contributed by atoms with E-state index in [-0.39, 0.29) is 6.10 Å². The Morgan fingerprint density at radius 3 is 3.10 bits per heavy atom. The molecule has 0 aromatic heterocycles. The number of hydrogen-bond donors (Lipinski definition) is 1. The highest BCUT2D eigenvalue weighted by atomic mass is 16.3. The van der Waals surface area contributed by atoms with Crippen LogP contribution < -0.4 is 5.32 Å². The molecule has 1 N–H and O–H groups in total. The van der Waals surface area contributed by atoms with Crippen molar-refractivity contribution in [3.63, 3.8) is 0 Å². The molecule has 10 heavy (non-hydrogen) atoms. The third-order valence-corrected chi connectivity index (χ3v) is 2.01. The topological polar surface area (TPSA) is 34.3 Å². The summed E-state index contributed by atoms with van der Waals surface area (Å²) in [5, 5.41) is 13.6. The Hall–Kier alpha value is -0.0800. The van der Waals surface area contributed by atoms with Gasteiger partial charge < -0.3 is 5.11 Å². The van der Waals surface area contributed by atoms with Gasteiger partial charge in [0.15, 0.2) is 0 Å². The Morgan fingerprint density at radius 2 is 2.60 bits per heavy atom. The third kappa shape index (κ3) is 1.96. The fourth-order valence-corrected chi connectivity index (χ4v) is 1.28. The van der Waals surface area contributed by atoms with Crippen LogP contribution in [-0.2, 0) is 0 Å². The fraction of sp³-hybridized carbons (Fsp3) is 0.875. The maximum atomic E-state index is 9.39. The van der Waals surface area contributed by atoms with Crippen LogP contribution in [0.15, 0.2) is 0 Å². The van der Waals surface area contributed by atoms with Crippen LogP contribution in [0.25, 0.3) is 0 Å². The minimum Gasteiger partial charge on any atom is -0.393 e. The lowest BCUT2D eigenvalue weighted by atomic mass is 9.92. The predicted octanol–water partition coefficient (Wildman–Crippen LogP) is 0.586. The van der Waals surface area contributed by atoms with E-state index in [1.807, 2.05) is 6.92 Å². The molecule has 2 nitrogen and oxygen atoms in total. The summed E-state index contributed by atoms with van der Waals surface area (Å²) in [4.78, 5) is 0. The van der Waals surface area contributed by atoms with Gasteiger partial charge in [-0.1, -0.05) is 6.92 Å². The van der Waals surface area contributed by atoms with Crippen molar-refractivity contribution in [1.29, 1.82) is 0 Å². The van der Waals surface area contributed by atoms with E-state index in [1.54, 1.807) is 0 Å². The second kappa shape index (κ2) is 3.94. The van der Waals surface area contributed by atoms with E-state index in [0.717, 1.165) is 25.9 Å². The quantitative estimate of drug-likeness (QED) is 0.600. The highest BCUT2D eigenvalue weighted by Gasteiger charge is 2.20. The van der Waals surface area contributed by atoms with Gasteiger partial charge in [0.2, 0.25) is 0 Å². The van der Waals surface area contributed by atoms with Gasteiger partial charge >= 0.3 is 0 Å². The van der Waals surface area contributed by atoms with E-state index in [4.69, 9.17) is 0 Å². The molecule has 2 radical (unpaired) electrons. The number of rotatable bonds is 2. The van der Waals surface area contributed by atoms with Gasteiger partial charge in [-0.05, 0) is 19.3 Å². The van der Waals surface area contributed by atoms with Crippen molar-refractivity contribution in [3.8, 4) is 0 Å². The number of aliphatic hydroxyl groups is 1.